The van der Waals surface area contributed by atoms with Gasteiger partial charge in [0.25, 0.3) is 0 Å². The molecule has 0 aromatic rings. The molecule has 0 aromatic heterocycles. The van der Waals surface area contributed by atoms with E-state index in [4.69, 9.17) is 0 Å². The number of fused-ring (bicyclic) bond motifs is 1. The average molecular weight is 250 g/mol. The molecule has 2 saturated carbocycles. The summed E-state index contributed by atoms with van der Waals surface area (Å²) < 4.78 is 0. The van der Waals surface area contributed by atoms with Gasteiger partial charge in [-0.05, 0) is 42.1 Å². The maximum atomic E-state index is 12.4. The molecule has 1 saturated heterocycles. The number of hydrogen-bond donors (Lipinski definition) is 2. The van der Waals surface area contributed by atoms with E-state index >= 15 is 0 Å². The second kappa shape index (κ2) is 3.72. The van der Waals surface area contributed by atoms with Gasteiger partial charge in [0, 0.05) is 6.04 Å². The van der Waals surface area contributed by atoms with Crippen LogP contribution in [-0.2, 0) is 4.79 Å². The zero-order valence-electron chi connectivity index (χ0n) is 12.0. The van der Waals surface area contributed by atoms with Crippen molar-refractivity contribution in [3.05, 3.63) is 0 Å². The van der Waals surface area contributed by atoms with Gasteiger partial charge in [-0.1, -0.05) is 34.1 Å². The predicted octanol–water partition coefficient (Wildman–Crippen LogP) is 1.93. The molecule has 3 fully saturated rings. The van der Waals surface area contributed by atoms with Gasteiger partial charge >= 0.3 is 0 Å². The molecule has 1 heterocycles. The second-order valence-electron chi connectivity index (χ2n) is 7.63. The molecule has 1 amide bonds. The van der Waals surface area contributed by atoms with Crippen LogP contribution in [0.25, 0.3) is 0 Å². The van der Waals surface area contributed by atoms with Crippen LogP contribution in [0.1, 0.15) is 47.0 Å². The van der Waals surface area contributed by atoms with E-state index < -0.39 is 0 Å². The summed E-state index contributed by atoms with van der Waals surface area (Å²) in [6.45, 7) is 10.0. The number of amides is 1. The van der Waals surface area contributed by atoms with Gasteiger partial charge in [-0.25, -0.2) is 0 Å². The van der Waals surface area contributed by atoms with Gasteiger partial charge in [-0.2, -0.15) is 0 Å². The van der Waals surface area contributed by atoms with Crippen LogP contribution < -0.4 is 10.6 Å². The smallest absolute Gasteiger partial charge is 0.237 e. The lowest BCUT2D eigenvalue weighted by molar-refractivity contribution is -0.124. The summed E-state index contributed by atoms with van der Waals surface area (Å²) in [5.74, 6) is 1.59. The van der Waals surface area contributed by atoms with Crippen molar-refractivity contribution in [2.45, 2.75) is 59.0 Å². The SMILES string of the molecule is CC1(C)C(NC(=O)C2NCC3CCCC32)C1(C)C. The molecule has 2 aliphatic carbocycles. The Bertz CT molecular complexity index is 361. The van der Waals surface area contributed by atoms with E-state index in [0.717, 1.165) is 12.5 Å². The largest absolute Gasteiger partial charge is 0.351 e. The highest BCUT2D eigenvalue weighted by Crippen LogP contribution is 2.62. The molecule has 3 atom stereocenters. The molecule has 1 aliphatic heterocycles. The van der Waals surface area contributed by atoms with Gasteiger partial charge in [0.2, 0.25) is 5.91 Å². The Morgan fingerprint density at radius 2 is 1.83 bits per heavy atom. The van der Waals surface area contributed by atoms with Crippen molar-refractivity contribution in [1.29, 1.82) is 0 Å². The van der Waals surface area contributed by atoms with E-state index in [2.05, 4.69) is 38.3 Å². The molecule has 3 unspecified atom stereocenters. The molecule has 2 N–H and O–H groups in total. The van der Waals surface area contributed by atoms with E-state index in [1.165, 1.54) is 19.3 Å². The third-order valence-corrected chi connectivity index (χ3v) is 6.34. The number of nitrogens with one attached hydrogen (secondary N) is 2. The van der Waals surface area contributed by atoms with Crippen LogP contribution in [0.2, 0.25) is 0 Å². The molecule has 0 spiro atoms. The Balaban J connectivity index is 1.63. The van der Waals surface area contributed by atoms with Crippen molar-refractivity contribution in [3.63, 3.8) is 0 Å². The lowest BCUT2D eigenvalue weighted by Crippen LogP contribution is -2.45. The number of carbonyl (C=O) groups excluding carboxylic acids is 1. The second-order valence-corrected chi connectivity index (χ2v) is 7.63. The monoisotopic (exact) mass is 250 g/mol. The van der Waals surface area contributed by atoms with Crippen LogP contribution in [0.3, 0.4) is 0 Å². The van der Waals surface area contributed by atoms with E-state index in [9.17, 15) is 4.79 Å². The van der Waals surface area contributed by atoms with Crippen molar-refractivity contribution >= 4 is 5.91 Å². The minimum absolute atomic E-state index is 0.0738. The Morgan fingerprint density at radius 3 is 2.44 bits per heavy atom. The van der Waals surface area contributed by atoms with E-state index in [-0.39, 0.29) is 22.8 Å². The maximum Gasteiger partial charge on any atom is 0.237 e. The zero-order valence-corrected chi connectivity index (χ0v) is 12.0. The van der Waals surface area contributed by atoms with Crippen LogP contribution in [0, 0.1) is 22.7 Å². The quantitative estimate of drug-likeness (QED) is 0.786. The third-order valence-electron chi connectivity index (χ3n) is 6.34. The van der Waals surface area contributed by atoms with E-state index in [1.54, 1.807) is 0 Å². The highest BCUT2D eigenvalue weighted by molar-refractivity contribution is 5.83. The lowest BCUT2D eigenvalue weighted by Gasteiger charge is -2.18. The van der Waals surface area contributed by atoms with Crippen molar-refractivity contribution in [2.24, 2.45) is 22.7 Å². The van der Waals surface area contributed by atoms with Gasteiger partial charge in [0.1, 0.15) is 0 Å². The zero-order chi connectivity index (χ0) is 13.1. The summed E-state index contributed by atoms with van der Waals surface area (Å²) in [5, 5.41) is 6.72. The molecule has 18 heavy (non-hydrogen) atoms. The van der Waals surface area contributed by atoms with Gasteiger partial charge < -0.3 is 10.6 Å². The Morgan fingerprint density at radius 1 is 1.17 bits per heavy atom. The van der Waals surface area contributed by atoms with Crippen molar-refractivity contribution < 1.29 is 4.79 Å². The molecule has 3 heteroatoms. The van der Waals surface area contributed by atoms with E-state index in [0.29, 0.717) is 12.0 Å². The first kappa shape index (κ1) is 12.5. The first-order valence-corrected chi connectivity index (χ1v) is 7.39. The molecule has 3 aliphatic rings. The Kier molecular flexibility index (Phi) is 2.58. The minimum Gasteiger partial charge on any atom is -0.351 e. The van der Waals surface area contributed by atoms with Gasteiger partial charge in [-0.15, -0.1) is 0 Å². The molecular weight excluding hydrogens is 224 g/mol. The summed E-state index contributed by atoms with van der Waals surface area (Å²) >= 11 is 0. The van der Waals surface area contributed by atoms with Crippen LogP contribution in [0.5, 0.6) is 0 Å². The molecule has 3 nitrogen and oxygen atoms in total. The minimum atomic E-state index is 0.0738. The van der Waals surface area contributed by atoms with Crippen molar-refractivity contribution in [2.75, 3.05) is 6.54 Å². The highest BCUT2D eigenvalue weighted by Gasteiger charge is 2.65. The molecule has 3 rings (SSSR count). The summed E-state index contributed by atoms with van der Waals surface area (Å²) in [5.41, 5.74) is 0.465. The maximum absolute atomic E-state index is 12.4. The topological polar surface area (TPSA) is 41.1 Å². The predicted molar refractivity (Wildman–Crippen MR) is 72.1 cm³/mol. The first-order chi connectivity index (χ1) is 8.35. The Labute approximate surface area is 110 Å². The number of rotatable bonds is 2. The molecule has 0 bridgehead atoms. The Hall–Kier alpha value is -0.570. The molecule has 0 radical (unpaired) electrons. The van der Waals surface area contributed by atoms with Gasteiger partial charge in [-0.3, -0.25) is 4.79 Å². The highest BCUT2D eigenvalue weighted by atomic mass is 16.2. The lowest BCUT2D eigenvalue weighted by atomic mass is 9.93. The average Bonchev–Trinajstić information content (AvgIpc) is 2.75. The van der Waals surface area contributed by atoms with E-state index in [1.807, 2.05) is 0 Å². The standard InChI is InChI=1S/C15H26N2O/c1-14(2)13(15(14,3)4)17-12(18)11-10-7-5-6-9(10)8-16-11/h9-11,13,16H,5-8H2,1-4H3,(H,17,18). The number of hydrogen-bond acceptors (Lipinski definition) is 2. The molecular formula is C15H26N2O. The molecule has 102 valence electrons. The summed E-state index contributed by atoms with van der Waals surface area (Å²) in [6.07, 6.45) is 3.84. The first-order valence-electron chi connectivity index (χ1n) is 7.39. The third kappa shape index (κ3) is 1.56. The summed E-state index contributed by atoms with van der Waals surface area (Å²) in [7, 11) is 0. The number of carbonyl (C=O) groups is 1. The van der Waals surface area contributed by atoms with Crippen molar-refractivity contribution in [1.82, 2.24) is 10.6 Å². The fourth-order valence-electron chi connectivity index (χ4n) is 4.26. The van der Waals surface area contributed by atoms with Gasteiger partial charge in [0.15, 0.2) is 0 Å². The summed E-state index contributed by atoms with van der Waals surface area (Å²) in [4.78, 5) is 12.4. The summed E-state index contributed by atoms with van der Waals surface area (Å²) in [6, 6.07) is 0.407. The van der Waals surface area contributed by atoms with Crippen LogP contribution >= 0.6 is 0 Å². The van der Waals surface area contributed by atoms with Crippen LogP contribution in [-0.4, -0.2) is 24.5 Å². The van der Waals surface area contributed by atoms with Crippen LogP contribution in [0.4, 0.5) is 0 Å². The van der Waals surface area contributed by atoms with Crippen LogP contribution in [0.15, 0.2) is 0 Å². The fraction of sp³-hybridized carbons (Fsp3) is 0.933. The van der Waals surface area contributed by atoms with Gasteiger partial charge in [0.05, 0.1) is 6.04 Å². The normalized spacial score (nSPS) is 40.6. The van der Waals surface area contributed by atoms with Crippen molar-refractivity contribution in [3.8, 4) is 0 Å². The molecule has 0 aromatic carbocycles. The fourth-order valence-corrected chi connectivity index (χ4v) is 4.26.